The number of benzene rings is 1. The molecule has 0 saturated carbocycles. The Labute approximate surface area is 99.3 Å². The Bertz CT molecular complexity index is 443. The molecule has 0 spiro atoms. The van der Waals surface area contributed by atoms with E-state index in [0.717, 1.165) is 0 Å². The second-order valence-electron chi connectivity index (χ2n) is 2.84. The van der Waals surface area contributed by atoms with Crippen LogP contribution in [0.3, 0.4) is 0 Å². The highest BCUT2D eigenvalue weighted by Crippen LogP contribution is 2.19. The average Bonchev–Trinajstić information content (AvgIpc) is 2.34. The number of ether oxygens (including phenoxy) is 2. The van der Waals surface area contributed by atoms with Gasteiger partial charge in [-0.2, -0.15) is 0 Å². The largest absolute Gasteiger partial charge is 0.495 e. The number of methoxy groups -OCH3 is 2. The van der Waals surface area contributed by atoms with Gasteiger partial charge in [0.15, 0.2) is 0 Å². The van der Waals surface area contributed by atoms with Crippen molar-refractivity contribution in [3.63, 3.8) is 0 Å². The maximum absolute atomic E-state index is 11.3. The third kappa shape index (κ3) is 2.91. The summed E-state index contributed by atoms with van der Waals surface area (Å²) in [6.45, 7) is 0. The van der Waals surface area contributed by atoms with Crippen LogP contribution >= 0.6 is 11.6 Å². The van der Waals surface area contributed by atoms with E-state index in [1.807, 2.05) is 0 Å². The molecule has 0 saturated heterocycles. The van der Waals surface area contributed by atoms with E-state index in [9.17, 15) is 4.79 Å². The highest BCUT2D eigenvalue weighted by Gasteiger charge is 2.08. The van der Waals surface area contributed by atoms with Crippen LogP contribution in [0.2, 0.25) is 0 Å². The number of hydrogen-bond donors (Lipinski definition) is 0. The Morgan fingerprint density at radius 2 is 2.19 bits per heavy atom. The first-order valence-corrected chi connectivity index (χ1v) is 5.07. The van der Waals surface area contributed by atoms with Crippen LogP contribution in [0.5, 0.6) is 5.75 Å². The fourth-order valence-corrected chi connectivity index (χ4v) is 1.25. The molecule has 0 aromatic heterocycles. The number of hydrogen-bond acceptors (Lipinski definition) is 3. The van der Waals surface area contributed by atoms with Gasteiger partial charge in [0, 0.05) is 0 Å². The summed E-state index contributed by atoms with van der Waals surface area (Å²) in [6, 6.07) is 4.91. The molecule has 16 heavy (non-hydrogen) atoms. The van der Waals surface area contributed by atoms with Gasteiger partial charge >= 0.3 is 5.97 Å². The molecule has 0 aliphatic carbocycles. The summed E-state index contributed by atoms with van der Waals surface area (Å²) < 4.78 is 9.73. The molecule has 0 unspecified atom stereocenters. The number of halogens is 1. The summed E-state index contributed by atoms with van der Waals surface area (Å²) in [6.07, 6.45) is 0. The summed E-state index contributed by atoms with van der Waals surface area (Å²) in [5.74, 6) is 5.95. The van der Waals surface area contributed by atoms with Crippen molar-refractivity contribution in [2.45, 2.75) is 0 Å². The third-order valence-electron chi connectivity index (χ3n) is 1.91. The zero-order valence-electron chi connectivity index (χ0n) is 9.04. The van der Waals surface area contributed by atoms with Gasteiger partial charge in [0.05, 0.1) is 31.2 Å². The molecule has 0 fully saturated rings. The lowest BCUT2D eigenvalue weighted by Gasteiger charge is -2.05. The quantitative estimate of drug-likeness (QED) is 0.450. The lowest BCUT2D eigenvalue weighted by Crippen LogP contribution is -2.02. The molecule has 0 aliphatic heterocycles. The molecule has 3 nitrogen and oxygen atoms in total. The van der Waals surface area contributed by atoms with Crippen molar-refractivity contribution >= 4 is 17.6 Å². The van der Waals surface area contributed by atoms with E-state index in [1.54, 1.807) is 25.3 Å². The third-order valence-corrected chi connectivity index (χ3v) is 2.04. The van der Waals surface area contributed by atoms with Crippen LogP contribution in [0.25, 0.3) is 0 Å². The van der Waals surface area contributed by atoms with Crippen molar-refractivity contribution in [3.8, 4) is 17.6 Å². The van der Waals surface area contributed by atoms with E-state index in [4.69, 9.17) is 16.3 Å². The van der Waals surface area contributed by atoms with E-state index >= 15 is 0 Å². The van der Waals surface area contributed by atoms with Gasteiger partial charge in [-0.15, -0.1) is 11.6 Å². The Morgan fingerprint density at radius 1 is 1.44 bits per heavy atom. The lowest BCUT2D eigenvalue weighted by atomic mass is 10.1. The maximum Gasteiger partial charge on any atom is 0.337 e. The van der Waals surface area contributed by atoms with E-state index < -0.39 is 5.97 Å². The van der Waals surface area contributed by atoms with Crippen LogP contribution in [0.1, 0.15) is 15.9 Å². The van der Waals surface area contributed by atoms with Crippen LogP contribution in [0.15, 0.2) is 18.2 Å². The van der Waals surface area contributed by atoms with Gasteiger partial charge < -0.3 is 9.47 Å². The van der Waals surface area contributed by atoms with Crippen LogP contribution in [0, 0.1) is 11.8 Å². The Morgan fingerprint density at radius 3 is 2.75 bits per heavy atom. The summed E-state index contributed by atoms with van der Waals surface area (Å²) in [5.41, 5.74) is 1.05. The lowest BCUT2D eigenvalue weighted by molar-refractivity contribution is 0.0600. The van der Waals surface area contributed by atoms with E-state index in [0.29, 0.717) is 16.9 Å². The predicted octanol–water partition coefficient (Wildman–Crippen LogP) is 2.07. The van der Waals surface area contributed by atoms with Gasteiger partial charge in [0.25, 0.3) is 0 Å². The van der Waals surface area contributed by atoms with E-state index in [1.165, 1.54) is 7.11 Å². The standard InChI is InChI=1S/C12H11ClO3/c1-15-11-6-5-10(12(14)16-2)8-9(11)4-3-7-13/h5-6,8H,7H2,1-2H3. The Hall–Kier alpha value is -1.66. The van der Waals surface area contributed by atoms with Crippen LogP contribution in [-0.4, -0.2) is 26.1 Å². The molecular formula is C12H11ClO3. The summed E-state index contributed by atoms with van der Waals surface area (Å²) in [5, 5.41) is 0. The molecule has 4 heteroatoms. The van der Waals surface area contributed by atoms with Gasteiger partial charge in [-0.25, -0.2) is 4.79 Å². The van der Waals surface area contributed by atoms with Gasteiger partial charge in [-0.05, 0) is 18.2 Å². The van der Waals surface area contributed by atoms with Crippen LogP contribution < -0.4 is 4.74 Å². The number of carbonyl (C=O) groups excluding carboxylic acids is 1. The average molecular weight is 239 g/mol. The summed E-state index contributed by atoms with van der Waals surface area (Å²) in [7, 11) is 2.87. The molecule has 0 radical (unpaired) electrons. The number of esters is 1. The first kappa shape index (κ1) is 12.4. The molecule has 1 aromatic carbocycles. The van der Waals surface area contributed by atoms with Gasteiger partial charge in [-0.3, -0.25) is 0 Å². The molecule has 0 atom stereocenters. The molecule has 0 N–H and O–H groups in total. The van der Waals surface area contributed by atoms with Gasteiger partial charge in [0.1, 0.15) is 5.75 Å². The fraction of sp³-hybridized carbons (Fsp3) is 0.250. The first-order chi connectivity index (χ1) is 7.72. The molecule has 1 aromatic rings. The highest BCUT2D eigenvalue weighted by atomic mass is 35.5. The summed E-state index contributed by atoms with van der Waals surface area (Å²) in [4.78, 5) is 11.3. The monoisotopic (exact) mass is 238 g/mol. The fourth-order valence-electron chi connectivity index (χ4n) is 1.18. The van der Waals surface area contributed by atoms with Crippen molar-refractivity contribution in [1.82, 2.24) is 0 Å². The first-order valence-electron chi connectivity index (χ1n) is 4.54. The van der Waals surface area contributed by atoms with E-state index in [2.05, 4.69) is 16.6 Å². The second-order valence-corrected chi connectivity index (χ2v) is 3.11. The zero-order valence-corrected chi connectivity index (χ0v) is 9.80. The van der Waals surface area contributed by atoms with Crippen molar-refractivity contribution in [2.24, 2.45) is 0 Å². The minimum absolute atomic E-state index is 0.228. The highest BCUT2D eigenvalue weighted by molar-refractivity contribution is 6.19. The minimum Gasteiger partial charge on any atom is -0.495 e. The smallest absolute Gasteiger partial charge is 0.337 e. The topological polar surface area (TPSA) is 35.5 Å². The maximum atomic E-state index is 11.3. The van der Waals surface area contributed by atoms with Crippen LogP contribution in [0.4, 0.5) is 0 Å². The number of alkyl halides is 1. The minimum atomic E-state index is -0.406. The normalized spacial score (nSPS) is 8.94. The van der Waals surface area contributed by atoms with Crippen molar-refractivity contribution in [1.29, 1.82) is 0 Å². The Kier molecular flexibility index (Phi) is 4.68. The van der Waals surface area contributed by atoms with Crippen molar-refractivity contribution in [2.75, 3.05) is 20.1 Å². The van der Waals surface area contributed by atoms with Gasteiger partial charge in [0.2, 0.25) is 0 Å². The molecular weight excluding hydrogens is 228 g/mol. The van der Waals surface area contributed by atoms with Gasteiger partial charge in [-0.1, -0.05) is 11.8 Å². The SMILES string of the molecule is COC(=O)c1ccc(OC)c(C#CCCl)c1. The molecule has 84 valence electrons. The number of carbonyl (C=O) groups is 1. The Balaban J connectivity index is 3.15. The summed E-state index contributed by atoms with van der Waals surface area (Å²) >= 11 is 5.47. The van der Waals surface area contributed by atoms with Crippen molar-refractivity contribution < 1.29 is 14.3 Å². The van der Waals surface area contributed by atoms with E-state index in [-0.39, 0.29) is 5.88 Å². The second kappa shape index (κ2) is 6.04. The van der Waals surface area contributed by atoms with Crippen molar-refractivity contribution in [3.05, 3.63) is 29.3 Å². The number of rotatable bonds is 2. The predicted molar refractivity (Wildman–Crippen MR) is 61.9 cm³/mol. The molecule has 0 aliphatic rings. The molecule has 0 heterocycles. The van der Waals surface area contributed by atoms with Crippen LogP contribution in [-0.2, 0) is 4.74 Å². The zero-order chi connectivity index (χ0) is 12.0. The molecule has 0 amide bonds. The molecule has 1 rings (SSSR count). The molecule has 0 bridgehead atoms.